The first-order valence-corrected chi connectivity index (χ1v) is 6.85. The minimum absolute atomic E-state index is 0.434. The van der Waals surface area contributed by atoms with Gasteiger partial charge in [0.1, 0.15) is 5.15 Å². The zero-order chi connectivity index (χ0) is 12.6. The highest BCUT2D eigenvalue weighted by atomic mass is 127. The van der Waals surface area contributed by atoms with Crippen molar-refractivity contribution in [2.24, 2.45) is 0 Å². The highest BCUT2D eigenvalue weighted by molar-refractivity contribution is 14.1. The second-order valence-electron chi connectivity index (χ2n) is 3.40. The summed E-state index contributed by atoms with van der Waals surface area (Å²) in [6.07, 6.45) is 0. The fraction of sp³-hybridized carbons (Fsp3) is 0.0909. The fourth-order valence-electron chi connectivity index (χ4n) is 1.34. The van der Waals surface area contributed by atoms with Crippen molar-refractivity contribution in [3.63, 3.8) is 0 Å². The molecule has 0 unspecified atom stereocenters. The van der Waals surface area contributed by atoms with Crippen molar-refractivity contribution in [1.82, 2.24) is 9.97 Å². The predicted molar refractivity (Wildman–Crippen MR) is 80.0 cm³/mol. The molecule has 0 aliphatic rings. The van der Waals surface area contributed by atoms with Gasteiger partial charge in [-0.1, -0.05) is 34.8 Å². The summed E-state index contributed by atoms with van der Waals surface area (Å²) in [5.41, 5.74) is 1.58. The first kappa shape index (κ1) is 13.3. The van der Waals surface area contributed by atoms with Crippen LogP contribution in [0.5, 0.6) is 0 Å². The molecule has 0 saturated heterocycles. The molecule has 0 aliphatic heterocycles. The Labute approximate surface area is 127 Å². The third-order valence-electron chi connectivity index (χ3n) is 2.10. The molecule has 0 saturated carbocycles. The van der Waals surface area contributed by atoms with Gasteiger partial charge in [0.25, 0.3) is 0 Å². The molecule has 1 aromatic carbocycles. The monoisotopic (exact) mass is 398 g/mol. The Hall–Kier alpha value is -0.100. The van der Waals surface area contributed by atoms with E-state index in [2.05, 4.69) is 32.6 Å². The Kier molecular flexibility index (Phi) is 4.13. The van der Waals surface area contributed by atoms with Crippen LogP contribution >= 0.6 is 57.4 Å². The topological polar surface area (TPSA) is 25.8 Å². The Balaban J connectivity index is 2.60. The molecule has 0 atom stereocenters. The summed E-state index contributed by atoms with van der Waals surface area (Å²) in [5.74, 6) is 0.525. The molecule has 2 nitrogen and oxygen atoms in total. The van der Waals surface area contributed by atoms with Crippen LogP contribution in [0.15, 0.2) is 18.2 Å². The first-order valence-electron chi connectivity index (χ1n) is 4.63. The largest absolute Gasteiger partial charge is 0.232 e. The van der Waals surface area contributed by atoms with Gasteiger partial charge in [-0.15, -0.1) is 0 Å². The third kappa shape index (κ3) is 3.02. The summed E-state index contributed by atoms with van der Waals surface area (Å²) in [7, 11) is 0. The normalized spacial score (nSPS) is 10.6. The van der Waals surface area contributed by atoms with Crippen molar-refractivity contribution < 1.29 is 0 Å². The van der Waals surface area contributed by atoms with E-state index in [1.54, 1.807) is 18.2 Å². The average molecular weight is 399 g/mol. The van der Waals surface area contributed by atoms with Crippen LogP contribution in [-0.2, 0) is 0 Å². The average Bonchev–Trinajstić information content (AvgIpc) is 2.23. The van der Waals surface area contributed by atoms with Crippen molar-refractivity contribution in [1.29, 1.82) is 0 Å². The van der Waals surface area contributed by atoms with Crippen LogP contribution in [0.2, 0.25) is 15.2 Å². The summed E-state index contributed by atoms with van der Waals surface area (Å²) >= 11 is 20.0. The zero-order valence-electron chi connectivity index (χ0n) is 8.64. The quantitative estimate of drug-likeness (QED) is 0.497. The summed E-state index contributed by atoms with van der Waals surface area (Å²) in [4.78, 5) is 8.58. The number of benzene rings is 1. The Morgan fingerprint density at radius 2 is 1.59 bits per heavy atom. The van der Waals surface area contributed by atoms with Crippen molar-refractivity contribution in [3.05, 3.63) is 42.7 Å². The highest BCUT2D eigenvalue weighted by Crippen LogP contribution is 2.27. The molecule has 2 aromatic rings. The van der Waals surface area contributed by atoms with Gasteiger partial charge in [0, 0.05) is 15.6 Å². The molecule has 0 N–H and O–H groups in total. The van der Waals surface area contributed by atoms with Crippen LogP contribution in [0.1, 0.15) is 5.69 Å². The van der Waals surface area contributed by atoms with E-state index in [1.165, 1.54) is 0 Å². The molecular formula is C11H6Cl3IN2. The molecule has 0 amide bonds. The molecule has 0 radical (unpaired) electrons. The van der Waals surface area contributed by atoms with Crippen molar-refractivity contribution in [2.75, 3.05) is 0 Å². The van der Waals surface area contributed by atoms with Crippen LogP contribution in [0.25, 0.3) is 11.4 Å². The van der Waals surface area contributed by atoms with Crippen LogP contribution in [0, 0.1) is 10.5 Å². The van der Waals surface area contributed by atoms with E-state index in [4.69, 9.17) is 34.8 Å². The predicted octanol–water partition coefficient (Wildman–Crippen LogP) is 5.02. The summed E-state index contributed by atoms with van der Waals surface area (Å²) in [6.45, 7) is 1.88. The number of hydrogen-bond donors (Lipinski definition) is 0. The molecule has 1 aromatic heterocycles. The molecule has 0 spiro atoms. The molecule has 88 valence electrons. The Bertz CT molecular complexity index is 544. The molecule has 17 heavy (non-hydrogen) atoms. The van der Waals surface area contributed by atoms with Crippen LogP contribution in [0.3, 0.4) is 0 Å². The minimum Gasteiger partial charge on any atom is -0.232 e. The molecule has 6 heteroatoms. The van der Waals surface area contributed by atoms with E-state index >= 15 is 0 Å². The Morgan fingerprint density at radius 1 is 1.00 bits per heavy atom. The SMILES string of the molecule is Cc1nc(-c2cc(Cl)cc(Cl)c2)nc(Cl)c1I. The van der Waals surface area contributed by atoms with E-state index in [0.29, 0.717) is 21.0 Å². The minimum atomic E-state index is 0.434. The maximum Gasteiger partial charge on any atom is 0.161 e. The smallest absolute Gasteiger partial charge is 0.161 e. The second-order valence-corrected chi connectivity index (χ2v) is 5.71. The van der Waals surface area contributed by atoms with Gasteiger partial charge in [-0.25, -0.2) is 9.97 Å². The third-order valence-corrected chi connectivity index (χ3v) is 4.42. The van der Waals surface area contributed by atoms with Gasteiger partial charge in [-0.2, -0.15) is 0 Å². The van der Waals surface area contributed by atoms with Gasteiger partial charge in [0.05, 0.1) is 9.26 Å². The van der Waals surface area contributed by atoms with E-state index < -0.39 is 0 Å². The Morgan fingerprint density at radius 3 is 2.12 bits per heavy atom. The maximum atomic E-state index is 6.02. The molecule has 1 heterocycles. The van der Waals surface area contributed by atoms with E-state index in [0.717, 1.165) is 14.8 Å². The highest BCUT2D eigenvalue weighted by Gasteiger charge is 2.10. The molecule has 0 fully saturated rings. The number of aromatic nitrogens is 2. The fourth-order valence-corrected chi connectivity index (χ4v) is 2.32. The van der Waals surface area contributed by atoms with E-state index in [9.17, 15) is 0 Å². The van der Waals surface area contributed by atoms with Gasteiger partial charge in [0.2, 0.25) is 0 Å². The molecule has 0 aliphatic carbocycles. The number of rotatable bonds is 1. The molecule has 0 bridgehead atoms. The number of aryl methyl sites for hydroxylation is 1. The van der Waals surface area contributed by atoms with Gasteiger partial charge in [-0.05, 0) is 47.7 Å². The summed E-state index contributed by atoms with van der Waals surface area (Å²) in [6, 6.07) is 5.17. The lowest BCUT2D eigenvalue weighted by molar-refractivity contribution is 1.09. The standard InChI is InChI=1S/C11H6Cl3IN2/c1-5-9(15)10(14)17-11(16-5)6-2-7(12)4-8(13)3-6/h2-4H,1H3. The number of halogens is 4. The van der Waals surface area contributed by atoms with Crippen LogP contribution < -0.4 is 0 Å². The van der Waals surface area contributed by atoms with Crippen molar-refractivity contribution in [3.8, 4) is 11.4 Å². The zero-order valence-corrected chi connectivity index (χ0v) is 13.1. The van der Waals surface area contributed by atoms with Crippen molar-refractivity contribution >= 4 is 57.4 Å². The lowest BCUT2D eigenvalue weighted by Gasteiger charge is -2.06. The van der Waals surface area contributed by atoms with Crippen molar-refractivity contribution in [2.45, 2.75) is 6.92 Å². The van der Waals surface area contributed by atoms with Gasteiger partial charge in [-0.3, -0.25) is 0 Å². The summed E-state index contributed by atoms with van der Waals surface area (Å²) < 4.78 is 0.848. The first-order chi connectivity index (χ1) is 7.97. The van der Waals surface area contributed by atoms with E-state index in [-0.39, 0.29) is 0 Å². The molecular weight excluding hydrogens is 393 g/mol. The van der Waals surface area contributed by atoms with E-state index in [1.807, 2.05) is 6.92 Å². The lowest BCUT2D eigenvalue weighted by atomic mass is 10.2. The summed E-state index contributed by atoms with van der Waals surface area (Å²) in [5, 5.41) is 1.52. The van der Waals surface area contributed by atoms with Gasteiger partial charge < -0.3 is 0 Å². The van der Waals surface area contributed by atoms with Crippen LogP contribution in [-0.4, -0.2) is 9.97 Å². The second kappa shape index (κ2) is 5.26. The van der Waals surface area contributed by atoms with Gasteiger partial charge >= 0.3 is 0 Å². The lowest BCUT2D eigenvalue weighted by Crippen LogP contribution is -1.96. The maximum absolute atomic E-state index is 6.02. The van der Waals surface area contributed by atoms with Crippen LogP contribution in [0.4, 0.5) is 0 Å². The molecule has 2 rings (SSSR count). The number of hydrogen-bond acceptors (Lipinski definition) is 2. The van der Waals surface area contributed by atoms with Gasteiger partial charge in [0.15, 0.2) is 5.82 Å². The number of nitrogens with zero attached hydrogens (tertiary/aromatic N) is 2.